The number of hydrogen-bond donors (Lipinski definition) is 2. The predicted octanol–water partition coefficient (Wildman–Crippen LogP) is 4.08. The summed E-state index contributed by atoms with van der Waals surface area (Å²) >= 11 is 7.48. The molecule has 0 bridgehead atoms. The largest absolute Gasteiger partial charge is 0.346 e. The van der Waals surface area contributed by atoms with Gasteiger partial charge in [-0.25, -0.2) is 0 Å². The Labute approximate surface area is 190 Å². The molecule has 2 N–H and O–H groups in total. The molecule has 9 heteroatoms. The number of rotatable bonds is 7. The minimum Gasteiger partial charge on any atom is -0.346 e. The van der Waals surface area contributed by atoms with Gasteiger partial charge < -0.3 is 10.6 Å². The zero-order chi connectivity index (χ0) is 22.5. The molecule has 1 atom stereocenters. The Morgan fingerprint density at radius 1 is 1.13 bits per heavy atom. The molecule has 1 heterocycles. The number of benzene rings is 2. The standard InChI is InChI=1S/C22H24ClN5O2S/c1-13-8-9-17(10-18(13)23)28-12-25-27-22(28)31-16(4)21(30)24-11-19(29)26-20-14(2)6-5-7-15(20)3/h5-10,12,16H,11H2,1-4H3,(H,24,30)(H,26,29). The Bertz CT molecular complexity index is 1090. The summed E-state index contributed by atoms with van der Waals surface area (Å²) in [6.07, 6.45) is 1.58. The van der Waals surface area contributed by atoms with E-state index in [2.05, 4.69) is 20.8 Å². The summed E-state index contributed by atoms with van der Waals surface area (Å²) in [6.45, 7) is 7.42. The van der Waals surface area contributed by atoms with Crippen LogP contribution < -0.4 is 10.6 Å². The van der Waals surface area contributed by atoms with Crippen LogP contribution in [-0.4, -0.2) is 38.4 Å². The third-order valence-electron chi connectivity index (χ3n) is 4.77. The monoisotopic (exact) mass is 457 g/mol. The van der Waals surface area contributed by atoms with E-state index < -0.39 is 5.25 Å². The molecule has 0 saturated heterocycles. The second-order valence-corrected chi connectivity index (χ2v) is 8.93. The van der Waals surface area contributed by atoms with E-state index in [1.54, 1.807) is 17.8 Å². The third-order valence-corrected chi connectivity index (χ3v) is 6.23. The van der Waals surface area contributed by atoms with Crippen molar-refractivity contribution in [1.82, 2.24) is 20.1 Å². The molecule has 2 amide bonds. The molecule has 0 saturated carbocycles. The van der Waals surface area contributed by atoms with E-state index in [-0.39, 0.29) is 18.4 Å². The number of halogens is 1. The lowest BCUT2D eigenvalue weighted by atomic mass is 10.1. The molecule has 3 aromatic rings. The second kappa shape index (κ2) is 9.98. The normalized spacial score (nSPS) is 11.8. The molecule has 0 spiro atoms. The highest BCUT2D eigenvalue weighted by atomic mass is 35.5. The minimum atomic E-state index is -0.475. The number of thioether (sulfide) groups is 1. The van der Waals surface area contributed by atoms with Gasteiger partial charge >= 0.3 is 0 Å². The summed E-state index contributed by atoms with van der Waals surface area (Å²) in [7, 11) is 0. The van der Waals surface area contributed by atoms with Crippen molar-refractivity contribution in [3.05, 3.63) is 64.4 Å². The average Bonchev–Trinajstić information content (AvgIpc) is 3.19. The molecule has 2 aromatic carbocycles. The van der Waals surface area contributed by atoms with Crippen LogP contribution in [0.2, 0.25) is 5.02 Å². The summed E-state index contributed by atoms with van der Waals surface area (Å²) in [4.78, 5) is 24.8. The van der Waals surface area contributed by atoms with Gasteiger partial charge in [0.2, 0.25) is 11.8 Å². The van der Waals surface area contributed by atoms with Gasteiger partial charge in [0.05, 0.1) is 17.5 Å². The number of aromatic nitrogens is 3. The SMILES string of the molecule is Cc1ccc(-n2cnnc2SC(C)C(=O)NCC(=O)Nc2c(C)cccc2C)cc1Cl. The lowest BCUT2D eigenvalue weighted by Crippen LogP contribution is -2.37. The fraction of sp³-hybridized carbons (Fsp3) is 0.273. The highest BCUT2D eigenvalue weighted by molar-refractivity contribution is 8.00. The van der Waals surface area contributed by atoms with Crippen LogP contribution in [0.25, 0.3) is 5.69 Å². The van der Waals surface area contributed by atoms with Crippen LogP contribution in [0.3, 0.4) is 0 Å². The van der Waals surface area contributed by atoms with Crippen LogP contribution in [0.5, 0.6) is 0 Å². The van der Waals surface area contributed by atoms with E-state index in [0.29, 0.717) is 10.2 Å². The number of nitrogens with one attached hydrogen (secondary N) is 2. The Kier molecular flexibility index (Phi) is 7.35. The number of carbonyl (C=O) groups excluding carboxylic acids is 2. The van der Waals surface area contributed by atoms with Gasteiger partial charge in [0.1, 0.15) is 6.33 Å². The molecule has 0 fully saturated rings. The van der Waals surface area contributed by atoms with Gasteiger partial charge in [-0.1, -0.05) is 47.6 Å². The Morgan fingerprint density at radius 2 is 1.84 bits per heavy atom. The lowest BCUT2D eigenvalue weighted by molar-refractivity contribution is -0.123. The van der Waals surface area contributed by atoms with E-state index in [9.17, 15) is 9.59 Å². The van der Waals surface area contributed by atoms with Crippen molar-refractivity contribution in [2.24, 2.45) is 0 Å². The molecule has 0 aliphatic carbocycles. The van der Waals surface area contributed by atoms with E-state index >= 15 is 0 Å². The molecule has 1 aromatic heterocycles. The number of carbonyl (C=O) groups is 2. The average molecular weight is 458 g/mol. The van der Waals surface area contributed by atoms with Crippen LogP contribution in [0.4, 0.5) is 5.69 Å². The summed E-state index contributed by atoms with van der Waals surface area (Å²) in [5, 5.41) is 14.3. The van der Waals surface area contributed by atoms with E-state index in [4.69, 9.17) is 11.6 Å². The van der Waals surface area contributed by atoms with Gasteiger partial charge in [0.15, 0.2) is 5.16 Å². The zero-order valence-electron chi connectivity index (χ0n) is 17.8. The maximum Gasteiger partial charge on any atom is 0.243 e. The zero-order valence-corrected chi connectivity index (χ0v) is 19.3. The molecule has 162 valence electrons. The van der Waals surface area contributed by atoms with Gasteiger partial charge in [-0.3, -0.25) is 14.2 Å². The van der Waals surface area contributed by atoms with Crippen LogP contribution >= 0.6 is 23.4 Å². The fourth-order valence-corrected chi connectivity index (χ4v) is 3.97. The van der Waals surface area contributed by atoms with Crippen molar-refractivity contribution in [2.45, 2.75) is 38.1 Å². The molecular formula is C22H24ClN5O2S. The Balaban J connectivity index is 1.58. The summed E-state index contributed by atoms with van der Waals surface area (Å²) in [5.41, 5.74) is 4.50. The molecule has 7 nitrogen and oxygen atoms in total. The number of hydrogen-bond acceptors (Lipinski definition) is 5. The Morgan fingerprint density at radius 3 is 2.52 bits per heavy atom. The third kappa shape index (κ3) is 5.65. The van der Waals surface area contributed by atoms with Gasteiger partial charge in [-0.15, -0.1) is 10.2 Å². The molecule has 3 rings (SSSR count). The molecule has 0 aliphatic heterocycles. The highest BCUT2D eigenvalue weighted by Gasteiger charge is 2.19. The lowest BCUT2D eigenvalue weighted by Gasteiger charge is -2.14. The van der Waals surface area contributed by atoms with Gasteiger partial charge in [-0.2, -0.15) is 0 Å². The van der Waals surface area contributed by atoms with Crippen molar-refractivity contribution in [1.29, 1.82) is 0 Å². The number of aryl methyl sites for hydroxylation is 3. The summed E-state index contributed by atoms with van der Waals surface area (Å²) in [5.74, 6) is -0.543. The van der Waals surface area contributed by atoms with Crippen molar-refractivity contribution in [3.63, 3.8) is 0 Å². The summed E-state index contributed by atoms with van der Waals surface area (Å²) in [6, 6.07) is 11.4. The van der Waals surface area contributed by atoms with Crippen molar-refractivity contribution in [2.75, 3.05) is 11.9 Å². The van der Waals surface area contributed by atoms with Crippen molar-refractivity contribution < 1.29 is 9.59 Å². The Hall–Kier alpha value is -2.84. The quantitative estimate of drug-likeness (QED) is 0.522. The van der Waals surface area contributed by atoms with Crippen LogP contribution in [-0.2, 0) is 9.59 Å². The number of anilines is 1. The molecule has 0 aliphatic rings. The first-order valence-corrected chi connectivity index (χ1v) is 11.0. The van der Waals surface area contributed by atoms with Crippen LogP contribution in [0.15, 0.2) is 47.9 Å². The molecule has 31 heavy (non-hydrogen) atoms. The number of amides is 2. The minimum absolute atomic E-state index is 0.113. The van der Waals surface area contributed by atoms with E-state index in [0.717, 1.165) is 28.1 Å². The molecule has 1 unspecified atom stereocenters. The number of nitrogens with zero attached hydrogens (tertiary/aromatic N) is 3. The first-order chi connectivity index (χ1) is 14.8. The van der Waals surface area contributed by atoms with Crippen molar-refractivity contribution >= 4 is 40.9 Å². The van der Waals surface area contributed by atoms with Gasteiger partial charge in [-0.05, 0) is 56.5 Å². The van der Waals surface area contributed by atoms with E-state index in [1.807, 2.05) is 57.2 Å². The van der Waals surface area contributed by atoms with Crippen LogP contribution in [0, 0.1) is 20.8 Å². The maximum atomic E-state index is 12.5. The first-order valence-electron chi connectivity index (χ1n) is 9.73. The van der Waals surface area contributed by atoms with Gasteiger partial charge in [0, 0.05) is 10.7 Å². The molecular weight excluding hydrogens is 434 g/mol. The van der Waals surface area contributed by atoms with Crippen LogP contribution in [0.1, 0.15) is 23.6 Å². The van der Waals surface area contributed by atoms with Crippen molar-refractivity contribution in [3.8, 4) is 5.69 Å². The topological polar surface area (TPSA) is 88.9 Å². The highest BCUT2D eigenvalue weighted by Crippen LogP contribution is 2.26. The second-order valence-electron chi connectivity index (χ2n) is 7.21. The molecule has 0 radical (unpaired) electrons. The predicted molar refractivity (Wildman–Crippen MR) is 124 cm³/mol. The maximum absolute atomic E-state index is 12.5. The number of para-hydroxylation sites is 1. The first kappa shape index (κ1) is 22.8. The summed E-state index contributed by atoms with van der Waals surface area (Å²) < 4.78 is 1.77. The smallest absolute Gasteiger partial charge is 0.243 e. The van der Waals surface area contributed by atoms with Gasteiger partial charge in [0.25, 0.3) is 0 Å². The fourth-order valence-electron chi connectivity index (χ4n) is 2.93. The van der Waals surface area contributed by atoms with E-state index in [1.165, 1.54) is 11.8 Å².